The summed E-state index contributed by atoms with van der Waals surface area (Å²) < 4.78 is 3.50. The van der Waals surface area contributed by atoms with Crippen molar-refractivity contribution in [3.05, 3.63) is 81.5 Å². The van der Waals surface area contributed by atoms with Gasteiger partial charge in [-0.05, 0) is 56.0 Å². The Hall–Kier alpha value is -3.15. The van der Waals surface area contributed by atoms with E-state index in [1.165, 1.54) is 0 Å². The Kier molecular flexibility index (Phi) is 4.63. The molecular formula is C22H24N4O2. The molecule has 6 nitrogen and oxygen atoms in total. The summed E-state index contributed by atoms with van der Waals surface area (Å²) in [7, 11) is 1.72. The first-order valence-corrected chi connectivity index (χ1v) is 9.52. The van der Waals surface area contributed by atoms with E-state index in [0.717, 1.165) is 29.7 Å². The van der Waals surface area contributed by atoms with E-state index in [0.29, 0.717) is 12.1 Å². The van der Waals surface area contributed by atoms with Gasteiger partial charge >= 0.3 is 0 Å². The van der Waals surface area contributed by atoms with Gasteiger partial charge in [0.1, 0.15) is 5.56 Å². The maximum Gasteiger partial charge on any atom is 0.263 e. The van der Waals surface area contributed by atoms with Crippen LogP contribution in [-0.2, 0) is 6.54 Å². The van der Waals surface area contributed by atoms with Crippen LogP contribution in [0, 0.1) is 13.8 Å². The summed E-state index contributed by atoms with van der Waals surface area (Å²) in [6.45, 7) is 4.24. The van der Waals surface area contributed by atoms with Gasteiger partial charge < -0.3 is 9.47 Å². The summed E-state index contributed by atoms with van der Waals surface area (Å²) in [4.78, 5) is 27.4. The van der Waals surface area contributed by atoms with Crippen LogP contribution in [0.1, 0.15) is 45.9 Å². The summed E-state index contributed by atoms with van der Waals surface area (Å²) in [5, 5.41) is 4.41. The Balaban J connectivity index is 1.55. The minimum absolute atomic E-state index is 0.185. The molecule has 0 radical (unpaired) electrons. The topological polar surface area (TPSA) is 60.1 Å². The van der Waals surface area contributed by atoms with E-state index in [-0.39, 0.29) is 23.1 Å². The molecule has 0 aliphatic heterocycles. The van der Waals surface area contributed by atoms with Gasteiger partial charge in [0, 0.05) is 37.6 Å². The third-order valence-electron chi connectivity index (χ3n) is 5.15. The number of aryl methyl sites for hydroxylation is 2. The zero-order chi connectivity index (χ0) is 19.8. The molecule has 6 heteroatoms. The SMILES string of the molecule is Cc1cccc(-n2cc(CN(C)C(=O)c3c(C)ccn(C4CC4)c3=O)cn2)c1. The fraction of sp³-hybridized carbons (Fsp3) is 0.318. The zero-order valence-corrected chi connectivity index (χ0v) is 16.4. The molecule has 0 saturated heterocycles. The fourth-order valence-corrected chi connectivity index (χ4v) is 3.43. The van der Waals surface area contributed by atoms with Crippen molar-refractivity contribution in [2.75, 3.05) is 7.05 Å². The van der Waals surface area contributed by atoms with Gasteiger partial charge in [0.25, 0.3) is 11.5 Å². The fourth-order valence-electron chi connectivity index (χ4n) is 3.43. The Morgan fingerprint density at radius 1 is 1.25 bits per heavy atom. The molecule has 0 atom stereocenters. The quantitative estimate of drug-likeness (QED) is 0.687. The van der Waals surface area contributed by atoms with Crippen molar-refractivity contribution < 1.29 is 4.79 Å². The maximum atomic E-state index is 13.0. The number of carbonyl (C=O) groups is 1. The third kappa shape index (κ3) is 3.50. The van der Waals surface area contributed by atoms with Crippen molar-refractivity contribution in [1.29, 1.82) is 0 Å². The highest BCUT2D eigenvalue weighted by molar-refractivity contribution is 5.95. The van der Waals surface area contributed by atoms with Crippen molar-refractivity contribution >= 4 is 5.91 Å². The molecule has 0 unspecified atom stereocenters. The van der Waals surface area contributed by atoms with Crippen LogP contribution in [-0.4, -0.2) is 32.2 Å². The van der Waals surface area contributed by atoms with Gasteiger partial charge in [0.15, 0.2) is 0 Å². The Morgan fingerprint density at radius 3 is 2.75 bits per heavy atom. The second-order valence-corrected chi connectivity index (χ2v) is 7.61. The molecule has 3 aromatic rings. The molecule has 4 rings (SSSR count). The Morgan fingerprint density at radius 2 is 2.04 bits per heavy atom. The van der Waals surface area contributed by atoms with Gasteiger partial charge in [-0.2, -0.15) is 5.10 Å². The van der Waals surface area contributed by atoms with Crippen LogP contribution in [0.3, 0.4) is 0 Å². The highest BCUT2D eigenvalue weighted by Crippen LogP contribution is 2.33. The van der Waals surface area contributed by atoms with E-state index < -0.39 is 0 Å². The van der Waals surface area contributed by atoms with Crippen LogP contribution < -0.4 is 5.56 Å². The summed E-state index contributed by atoms with van der Waals surface area (Å²) in [6, 6.07) is 10.2. The normalized spacial score (nSPS) is 13.5. The molecule has 1 aliphatic rings. The number of pyridine rings is 1. The molecule has 144 valence electrons. The first-order chi connectivity index (χ1) is 13.4. The number of benzene rings is 1. The summed E-state index contributed by atoms with van der Waals surface area (Å²) in [5.74, 6) is -0.249. The highest BCUT2D eigenvalue weighted by Gasteiger charge is 2.28. The molecule has 28 heavy (non-hydrogen) atoms. The van der Waals surface area contributed by atoms with Crippen LogP contribution in [0.25, 0.3) is 5.69 Å². The summed E-state index contributed by atoms with van der Waals surface area (Å²) in [5.41, 5.74) is 3.85. The molecule has 2 heterocycles. The molecule has 0 bridgehead atoms. The molecule has 1 fully saturated rings. The van der Waals surface area contributed by atoms with Crippen molar-refractivity contribution in [2.24, 2.45) is 0 Å². The lowest BCUT2D eigenvalue weighted by Crippen LogP contribution is -2.34. The van der Waals surface area contributed by atoms with Gasteiger partial charge in [-0.1, -0.05) is 12.1 Å². The number of amides is 1. The number of aromatic nitrogens is 3. The lowest BCUT2D eigenvalue weighted by atomic mass is 10.1. The van der Waals surface area contributed by atoms with Crippen molar-refractivity contribution in [3.63, 3.8) is 0 Å². The zero-order valence-electron chi connectivity index (χ0n) is 16.4. The largest absolute Gasteiger partial charge is 0.337 e. The van der Waals surface area contributed by atoms with Gasteiger partial charge in [0.05, 0.1) is 11.9 Å². The van der Waals surface area contributed by atoms with Gasteiger partial charge in [0.2, 0.25) is 0 Å². The average Bonchev–Trinajstić information content (AvgIpc) is 3.39. The Labute approximate surface area is 164 Å². The second kappa shape index (κ2) is 7.11. The number of hydrogen-bond acceptors (Lipinski definition) is 3. The predicted molar refractivity (Wildman–Crippen MR) is 108 cm³/mol. The van der Waals surface area contributed by atoms with Crippen LogP contribution in [0.15, 0.2) is 53.7 Å². The molecule has 1 aromatic carbocycles. The lowest BCUT2D eigenvalue weighted by molar-refractivity contribution is 0.0782. The van der Waals surface area contributed by atoms with Crippen LogP contribution in [0.4, 0.5) is 0 Å². The summed E-state index contributed by atoms with van der Waals surface area (Å²) >= 11 is 0. The first-order valence-electron chi connectivity index (χ1n) is 9.52. The van der Waals surface area contributed by atoms with Crippen molar-refractivity contribution in [1.82, 2.24) is 19.2 Å². The maximum absolute atomic E-state index is 13.0. The average molecular weight is 376 g/mol. The van der Waals surface area contributed by atoms with E-state index in [9.17, 15) is 9.59 Å². The van der Waals surface area contributed by atoms with Gasteiger partial charge in [-0.25, -0.2) is 4.68 Å². The van der Waals surface area contributed by atoms with Crippen molar-refractivity contribution in [2.45, 2.75) is 39.3 Å². The molecule has 1 amide bonds. The first kappa shape index (κ1) is 18.2. The van der Waals surface area contributed by atoms with E-state index >= 15 is 0 Å². The minimum atomic E-state index is -0.249. The number of nitrogens with zero attached hydrogens (tertiary/aromatic N) is 4. The monoisotopic (exact) mass is 376 g/mol. The van der Waals surface area contributed by atoms with Gasteiger partial charge in [-0.3, -0.25) is 9.59 Å². The second-order valence-electron chi connectivity index (χ2n) is 7.61. The van der Waals surface area contributed by atoms with E-state index in [1.54, 1.807) is 33.6 Å². The summed E-state index contributed by atoms with van der Waals surface area (Å²) in [6.07, 6.45) is 7.48. The molecule has 1 aliphatic carbocycles. The number of rotatable bonds is 5. The van der Waals surface area contributed by atoms with Gasteiger partial charge in [-0.15, -0.1) is 0 Å². The van der Waals surface area contributed by atoms with E-state index in [1.807, 2.05) is 44.3 Å². The highest BCUT2D eigenvalue weighted by atomic mass is 16.2. The molecule has 0 N–H and O–H groups in total. The number of carbonyl (C=O) groups excluding carboxylic acids is 1. The molecule has 0 spiro atoms. The van der Waals surface area contributed by atoms with E-state index in [2.05, 4.69) is 11.2 Å². The van der Waals surface area contributed by atoms with Crippen molar-refractivity contribution in [3.8, 4) is 5.69 Å². The predicted octanol–water partition coefficient (Wildman–Crippen LogP) is 3.26. The van der Waals surface area contributed by atoms with Crippen LogP contribution >= 0.6 is 0 Å². The standard InChI is InChI=1S/C22H24N4O2/c1-15-5-4-6-19(11-15)26-14-17(12-23-26)13-24(3)21(27)20-16(2)9-10-25(22(20)28)18-7-8-18/h4-6,9-12,14,18H,7-8,13H2,1-3H3. The number of hydrogen-bond donors (Lipinski definition) is 0. The van der Waals surface area contributed by atoms with E-state index in [4.69, 9.17) is 0 Å². The lowest BCUT2D eigenvalue weighted by Gasteiger charge is -2.18. The third-order valence-corrected chi connectivity index (χ3v) is 5.15. The molecular weight excluding hydrogens is 352 g/mol. The van der Waals surface area contributed by atoms with Crippen LogP contribution in [0.5, 0.6) is 0 Å². The van der Waals surface area contributed by atoms with Crippen LogP contribution in [0.2, 0.25) is 0 Å². The molecule has 2 aromatic heterocycles. The molecule has 1 saturated carbocycles. The minimum Gasteiger partial charge on any atom is -0.337 e. The smallest absolute Gasteiger partial charge is 0.263 e. The Bertz CT molecular complexity index is 1090.